The van der Waals surface area contributed by atoms with Crippen LogP contribution in [0.3, 0.4) is 0 Å². The summed E-state index contributed by atoms with van der Waals surface area (Å²) in [5.74, 6) is 1.03. The predicted molar refractivity (Wildman–Crippen MR) is 118 cm³/mol. The lowest BCUT2D eigenvalue weighted by molar-refractivity contribution is -0.672. The topological polar surface area (TPSA) is 52.3 Å². The number of H-pyrrole nitrogens is 1. The Morgan fingerprint density at radius 2 is 1.72 bits per heavy atom. The number of anilines is 1. The molecular formula is C24H29N4O+. The first-order valence-corrected chi connectivity index (χ1v) is 9.78. The summed E-state index contributed by atoms with van der Waals surface area (Å²) in [4.78, 5) is 18.0. The van der Waals surface area contributed by atoms with Gasteiger partial charge in [0, 0.05) is 25.2 Å². The summed E-state index contributed by atoms with van der Waals surface area (Å²) >= 11 is 0. The smallest absolute Gasteiger partial charge is 0.312 e. The summed E-state index contributed by atoms with van der Waals surface area (Å²) in [6, 6.07) is 18.2. The van der Waals surface area contributed by atoms with Crippen molar-refractivity contribution in [1.29, 1.82) is 0 Å². The van der Waals surface area contributed by atoms with Crippen LogP contribution in [-0.2, 0) is 11.2 Å². The summed E-state index contributed by atoms with van der Waals surface area (Å²) in [5.41, 5.74) is 3.59. The Morgan fingerprint density at radius 3 is 2.31 bits per heavy atom. The van der Waals surface area contributed by atoms with Gasteiger partial charge in [-0.2, -0.15) is 0 Å². The SMILES string of the molecule is CN(C)c1ccc(C=N[n+]2c(CC(=O)C(C)(C)C)c[nH]c2-c2ccccc2)cc1. The van der Waals surface area contributed by atoms with Gasteiger partial charge in [-0.1, -0.05) is 60.9 Å². The molecule has 0 saturated heterocycles. The van der Waals surface area contributed by atoms with Gasteiger partial charge >= 0.3 is 5.82 Å². The summed E-state index contributed by atoms with van der Waals surface area (Å²) in [7, 11) is 4.03. The fourth-order valence-corrected chi connectivity index (χ4v) is 2.89. The van der Waals surface area contributed by atoms with Gasteiger partial charge in [-0.15, -0.1) is 0 Å². The Balaban J connectivity index is 1.97. The van der Waals surface area contributed by atoms with Gasteiger partial charge in [-0.25, -0.2) is 4.98 Å². The van der Waals surface area contributed by atoms with E-state index in [-0.39, 0.29) is 5.78 Å². The first-order chi connectivity index (χ1) is 13.8. The van der Waals surface area contributed by atoms with Crippen molar-refractivity contribution < 1.29 is 9.47 Å². The molecular weight excluding hydrogens is 360 g/mol. The fraction of sp³-hybridized carbons (Fsp3) is 0.292. The number of nitrogens with one attached hydrogen (secondary N) is 1. The Hall–Kier alpha value is -3.21. The van der Waals surface area contributed by atoms with Crippen LogP contribution < -0.4 is 9.58 Å². The molecule has 1 heterocycles. The molecule has 1 N–H and O–H groups in total. The summed E-state index contributed by atoms with van der Waals surface area (Å²) in [6.45, 7) is 5.83. The predicted octanol–water partition coefficient (Wildman–Crippen LogP) is 4.08. The summed E-state index contributed by atoms with van der Waals surface area (Å²) < 4.78 is 1.83. The highest BCUT2D eigenvalue weighted by molar-refractivity contribution is 5.85. The number of aromatic nitrogens is 2. The number of hydrogen-bond donors (Lipinski definition) is 1. The summed E-state index contributed by atoms with van der Waals surface area (Å²) in [6.07, 6.45) is 4.02. The molecule has 5 nitrogen and oxygen atoms in total. The van der Waals surface area contributed by atoms with E-state index in [1.54, 1.807) is 0 Å². The van der Waals surface area contributed by atoms with Crippen LogP contribution >= 0.6 is 0 Å². The van der Waals surface area contributed by atoms with Crippen LogP contribution in [0.1, 0.15) is 32.0 Å². The second-order valence-electron chi connectivity index (χ2n) is 8.39. The van der Waals surface area contributed by atoms with Crippen molar-refractivity contribution >= 4 is 17.7 Å². The molecule has 0 bridgehead atoms. The van der Waals surface area contributed by atoms with Crippen LogP contribution in [0, 0.1) is 5.41 Å². The molecule has 0 aliphatic carbocycles. The molecule has 0 fully saturated rings. The average molecular weight is 390 g/mol. The van der Waals surface area contributed by atoms with Gasteiger partial charge in [0.15, 0.2) is 5.69 Å². The van der Waals surface area contributed by atoms with Crippen LogP contribution in [-0.4, -0.2) is 31.1 Å². The van der Waals surface area contributed by atoms with Crippen LogP contribution in [0.25, 0.3) is 11.4 Å². The van der Waals surface area contributed by atoms with E-state index in [0.717, 1.165) is 28.3 Å². The standard InChI is InChI=1S/C24H28N4O/c1-24(2,3)22(29)15-21-17-25-23(19-9-7-6-8-10-19)28(21)26-16-18-11-13-20(14-12-18)27(4)5/h6-14,16-17H,15H2,1-5H3/p+1. The van der Waals surface area contributed by atoms with E-state index in [2.05, 4.69) is 22.0 Å². The molecule has 0 aliphatic heterocycles. The number of carbonyl (C=O) groups is 1. The lowest BCUT2D eigenvalue weighted by atomic mass is 9.88. The number of benzene rings is 2. The molecule has 0 amide bonds. The molecule has 0 spiro atoms. The highest BCUT2D eigenvalue weighted by Gasteiger charge is 2.27. The molecule has 0 aliphatic rings. The molecule has 3 aromatic rings. The molecule has 3 rings (SSSR count). The first kappa shape index (κ1) is 20.5. The second-order valence-corrected chi connectivity index (χ2v) is 8.39. The quantitative estimate of drug-likeness (QED) is 0.510. The van der Waals surface area contributed by atoms with E-state index >= 15 is 0 Å². The van der Waals surface area contributed by atoms with Crippen molar-refractivity contribution in [1.82, 2.24) is 4.98 Å². The van der Waals surface area contributed by atoms with E-state index in [1.165, 1.54) is 0 Å². The average Bonchev–Trinajstić information content (AvgIpc) is 3.09. The Morgan fingerprint density at radius 1 is 1.07 bits per heavy atom. The number of nitrogens with zero attached hydrogens (tertiary/aromatic N) is 3. The van der Waals surface area contributed by atoms with Gasteiger partial charge in [0.2, 0.25) is 0 Å². The van der Waals surface area contributed by atoms with Crippen molar-refractivity contribution in [3.8, 4) is 11.4 Å². The maximum atomic E-state index is 12.6. The van der Waals surface area contributed by atoms with E-state index in [4.69, 9.17) is 5.10 Å². The highest BCUT2D eigenvalue weighted by Crippen LogP contribution is 2.19. The van der Waals surface area contributed by atoms with Crippen LogP contribution in [0.4, 0.5) is 5.69 Å². The number of imidazole rings is 1. The number of hydrogen-bond acceptors (Lipinski definition) is 3. The van der Waals surface area contributed by atoms with Gasteiger partial charge in [-0.3, -0.25) is 4.79 Å². The minimum absolute atomic E-state index is 0.176. The van der Waals surface area contributed by atoms with E-state index in [9.17, 15) is 4.79 Å². The van der Waals surface area contributed by atoms with Gasteiger partial charge < -0.3 is 4.90 Å². The second kappa shape index (κ2) is 8.43. The third-order valence-electron chi connectivity index (χ3n) is 4.82. The van der Waals surface area contributed by atoms with Crippen molar-refractivity contribution in [3.63, 3.8) is 0 Å². The fourth-order valence-electron chi connectivity index (χ4n) is 2.89. The molecule has 5 heteroatoms. The van der Waals surface area contributed by atoms with Crippen LogP contribution in [0.15, 0.2) is 65.9 Å². The van der Waals surface area contributed by atoms with E-state index in [1.807, 2.05) is 94.4 Å². The Kier molecular flexibility index (Phi) is 5.97. The molecule has 0 radical (unpaired) electrons. The molecule has 2 aromatic carbocycles. The number of aromatic amines is 1. The number of rotatable bonds is 6. The number of ketones is 1. The maximum absolute atomic E-state index is 12.6. The zero-order chi connectivity index (χ0) is 21.0. The maximum Gasteiger partial charge on any atom is 0.312 e. The third-order valence-corrected chi connectivity index (χ3v) is 4.82. The van der Waals surface area contributed by atoms with Gasteiger partial charge in [0.25, 0.3) is 0 Å². The summed E-state index contributed by atoms with van der Waals surface area (Å²) in [5, 5.41) is 4.72. The van der Waals surface area contributed by atoms with Gasteiger partial charge in [0.05, 0.1) is 18.2 Å². The number of Topliss-reactive ketones (excluding diaryl/α,β-unsaturated/α-hetero) is 1. The van der Waals surface area contributed by atoms with Crippen molar-refractivity contribution in [3.05, 3.63) is 72.1 Å². The first-order valence-electron chi connectivity index (χ1n) is 9.78. The normalized spacial score (nSPS) is 11.8. The third kappa shape index (κ3) is 4.99. The lowest BCUT2D eigenvalue weighted by Crippen LogP contribution is -2.36. The van der Waals surface area contributed by atoms with Crippen molar-refractivity contribution in [2.75, 3.05) is 19.0 Å². The minimum atomic E-state index is -0.395. The Bertz CT molecular complexity index is 994. The zero-order valence-corrected chi connectivity index (χ0v) is 17.8. The van der Waals surface area contributed by atoms with E-state index < -0.39 is 5.41 Å². The van der Waals surface area contributed by atoms with Crippen molar-refractivity contribution in [2.45, 2.75) is 27.2 Å². The highest BCUT2D eigenvalue weighted by atomic mass is 16.1. The monoisotopic (exact) mass is 389 g/mol. The molecule has 29 heavy (non-hydrogen) atoms. The minimum Gasteiger partial charge on any atom is -0.378 e. The number of carbonyl (C=O) groups excluding carboxylic acids is 1. The van der Waals surface area contributed by atoms with Gasteiger partial charge in [-0.05, 0) is 29.8 Å². The van der Waals surface area contributed by atoms with Crippen LogP contribution in [0.2, 0.25) is 0 Å². The largest absolute Gasteiger partial charge is 0.378 e. The molecule has 150 valence electrons. The molecule has 0 unspecified atom stereocenters. The van der Waals surface area contributed by atoms with Crippen molar-refractivity contribution in [2.24, 2.45) is 10.5 Å². The molecule has 1 aromatic heterocycles. The van der Waals surface area contributed by atoms with E-state index in [0.29, 0.717) is 6.42 Å². The molecule has 0 atom stereocenters. The van der Waals surface area contributed by atoms with Crippen LogP contribution in [0.5, 0.6) is 0 Å². The van der Waals surface area contributed by atoms with Gasteiger partial charge in [0.1, 0.15) is 12.0 Å². The molecule has 0 saturated carbocycles. The Labute approximate surface area is 172 Å². The zero-order valence-electron chi connectivity index (χ0n) is 17.8. The lowest BCUT2D eigenvalue weighted by Gasteiger charge is -2.15.